The quantitative estimate of drug-likeness (QED) is 0.00484. The number of hydrogen-bond donors (Lipinski definition) is 12. The first-order valence-corrected chi connectivity index (χ1v) is 39.9. The number of rotatable bonds is 25. The average Bonchev–Trinajstić information content (AvgIpc) is 1.69. The van der Waals surface area contributed by atoms with E-state index in [1.54, 1.807) is 49.7 Å². The third kappa shape index (κ3) is 34.3. The van der Waals surface area contributed by atoms with Gasteiger partial charge in [0.2, 0.25) is 5.91 Å². The minimum absolute atomic E-state index is 0.0669. The third-order valence-electron chi connectivity index (χ3n) is 15.7. The molecule has 0 atom stereocenters. The highest BCUT2D eigenvalue weighted by molar-refractivity contribution is 7.81. The fourth-order valence-electron chi connectivity index (χ4n) is 10.2. The number of nitrogens with zero attached hydrogens (tertiary/aromatic N) is 10. The number of carbonyl (C=O) groups excluding carboxylic acids is 3. The number of fused-ring (bicyclic) bond motifs is 1. The van der Waals surface area contributed by atoms with Crippen LogP contribution in [0.15, 0.2) is 259 Å². The summed E-state index contributed by atoms with van der Waals surface area (Å²) in [5.74, 6) is 4.19. The van der Waals surface area contributed by atoms with Crippen molar-refractivity contribution in [2.24, 2.45) is 9.98 Å². The number of aromatic nitrogens is 6. The molecule has 6 heterocycles. The molecule has 0 spiro atoms. The molecule has 23 nitrogen and oxygen atoms in total. The first-order valence-electron chi connectivity index (χ1n) is 35.3. The van der Waals surface area contributed by atoms with Crippen LogP contribution in [-0.2, 0) is 35.0 Å². The molecule has 0 aliphatic carbocycles. The molecule has 1 fully saturated rings. The Morgan fingerprint density at radius 2 is 1.12 bits per heavy atom. The molecule has 588 valence electrons. The molecule has 11 aromatic rings. The van der Waals surface area contributed by atoms with E-state index in [0.717, 1.165) is 126 Å². The maximum Gasteiger partial charge on any atom is 0.330 e. The van der Waals surface area contributed by atoms with Crippen molar-refractivity contribution in [1.29, 1.82) is 0 Å². The predicted octanol–water partition coefficient (Wildman–Crippen LogP) is 17.3. The molecule has 0 bridgehead atoms. The van der Waals surface area contributed by atoms with E-state index in [-0.39, 0.29) is 17.8 Å². The van der Waals surface area contributed by atoms with Gasteiger partial charge in [-0.3, -0.25) is 9.59 Å². The third-order valence-corrected chi connectivity index (χ3v) is 16.9. The highest BCUT2D eigenvalue weighted by atomic mass is 32.1. The van der Waals surface area contributed by atoms with Gasteiger partial charge in [-0.05, 0) is 232 Å². The topological polar surface area (TPSA) is 249 Å². The monoisotopic (exact) mass is 1660 g/mol. The van der Waals surface area contributed by atoms with Crippen molar-refractivity contribution in [3.8, 4) is 28.4 Å². The number of nitrogens with one attached hydrogen (secondary N) is 6. The summed E-state index contributed by atoms with van der Waals surface area (Å²) in [4.78, 5) is 52.6. The van der Waals surface area contributed by atoms with Crippen molar-refractivity contribution in [2.75, 3.05) is 125 Å². The fraction of sp³-hybridized carbons (Fsp3) is 0.235. The van der Waals surface area contributed by atoms with E-state index < -0.39 is 0 Å². The van der Waals surface area contributed by atoms with Gasteiger partial charge in [0.15, 0.2) is 12.2 Å². The minimum atomic E-state index is -0.319. The Balaban J connectivity index is 0.000000200. The van der Waals surface area contributed by atoms with Crippen molar-refractivity contribution in [3.63, 3.8) is 0 Å². The van der Waals surface area contributed by atoms with Crippen molar-refractivity contribution in [1.82, 2.24) is 34.2 Å². The Kier molecular flexibility index (Phi) is 44.3. The van der Waals surface area contributed by atoms with Gasteiger partial charge < -0.3 is 69.5 Å². The van der Waals surface area contributed by atoms with E-state index in [1.165, 1.54) is 36.5 Å². The fourth-order valence-corrected chi connectivity index (χ4v) is 11.5. The zero-order chi connectivity index (χ0) is 80.2. The van der Waals surface area contributed by atoms with Gasteiger partial charge in [-0.15, -0.1) is 0 Å². The van der Waals surface area contributed by atoms with Crippen molar-refractivity contribution >= 4 is 186 Å². The second kappa shape index (κ2) is 54.6. The zero-order valence-corrected chi connectivity index (χ0v) is 69.3. The number of thiocarbonyl (C=S) groups is 2. The summed E-state index contributed by atoms with van der Waals surface area (Å²) in [5.41, 5.74) is 15.5. The lowest BCUT2D eigenvalue weighted by Gasteiger charge is -2.28. The van der Waals surface area contributed by atoms with E-state index in [9.17, 15) is 14.4 Å². The Hall–Kier alpha value is -9.98. The van der Waals surface area contributed by atoms with E-state index in [0.29, 0.717) is 48.3 Å². The molecule has 4 aromatic heterocycles. The number of anilines is 7. The normalized spacial score (nSPS) is 11.3. The van der Waals surface area contributed by atoms with Gasteiger partial charge in [-0.1, -0.05) is 18.2 Å². The number of carbonyl (C=O) groups is 3. The zero-order valence-electron chi connectivity index (χ0n) is 62.3. The summed E-state index contributed by atoms with van der Waals surface area (Å²) in [6, 6.07) is 59.7. The standard InChI is InChI=1S/C12H15NO2S.C11H10N2OS.C11H12N2OS.C11H12N2S.2C10H11N3S.C10H10N2OS.C6H13NO2S/c1-2-15-12(14)8-5-10-3-6-11(7-4-10)13-9-16;1-8(14)13-5-4-9-2-3-10(12-7-15)6-11(9)13;15-9-12-10-1-3-11(4-2-10)13-5-7-14-8-6-13;14-9-12-10-3-5-11(6-4-10)13-7-1-2-8-13;14-8-11-9-2-4-10(5-3-9)13-7-1-6-12-13;14-8-12-9-1-3-10(4-2-9)13-6-5-11-7-13;14-7-12-9-3-1-8(2-4-9)10-5-11-6-13-10;1-9-6(8)3-2-4-7-5-10/h3-8,13,16H,2,9H2,1H3;2-3,6H,4-5H2,1H3;1-4H,5-8H2;1-8,12,14H,9H2;1-7,11,14H,8H2;1-7,12,14H,8H2;1-6,12,14H,7H2;7,10H,2-5H2,1H3/b8-5+;;;;;;;. The summed E-state index contributed by atoms with van der Waals surface area (Å²) < 4.78 is 25.6. The van der Waals surface area contributed by atoms with Crippen LogP contribution in [0.3, 0.4) is 0 Å². The van der Waals surface area contributed by atoms with E-state index in [1.807, 2.05) is 192 Å². The number of morpholine rings is 1. The van der Waals surface area contributed by atoms with Gasteiger partial charge in [0.1, 0.15) is 0 Å². The van der Waals surface area contributed by atoms with E-state index >= 15 is 0 Å². The van der Waals surface area contributed by atoms with Crippen LogP contribution in [0.2, 0.25) is 0 Å². The number of amides is 1. The van der Waals surface area contributed by atoms with Gasteiger partial charge >= 0.3 is 11.9 Å². The van der Waals surface area contributed by atoms with Gasteiger partial charge in [0.25, 0.3) is 0 Å². The SMILES string of the molecule is CC(=O)N1CCc2ccc(N=C=S)cc21.CCOC(=O)/C=C/c1ccc(NCS)cc1.COC(=O)CCCNCS.S=C=Nc1ccc(N2CCOCC2)cc1.SCNc1ccc(-c2cnco2)cc1.SCNc1ccc(-n2cccc2)cc1.SCNc1ccc(-n2cccn2)cc1.SCNc1ccc(-n2ccnc2)cc1. The summed E-state index contributed by atoms with van der Waals surface area (Å²) in [6.45, 7) is 8.85. The van der Waals surface area contributed by atoms with Crippen LogP contribution < -0.4 is 41.7 Å². The molecular weight excluding hydrogens is 1570 g/mol. The minimum Gasteiger partial charge on any atom is -0.469 e. The lowest BCUT2D eigenvalue weighted by atomic mass is 10.1. The molecule has 31 heteroatoms. The van der Waals surface area contributed by atoms with Crippen molar-refractivity contribution < 1.29 is 33.0 Å². The molecule has 0 saturated carbocycles. The van der Waals surface area contributed by atoms with Crippen molar-refractivity contribution in [3.05, 3.63) is 255 Å². The number of aliphatic imine (C=N–C) groups is 2. The largest absolute Gasteiger partial charge is 0.469 e. The van der Waals surface area contributed by atoms with Crippen molar-refractivity contribution in [2.45, 2.75) is 33.1 Å². The highest BCUT2D eigenvalue weighted by Crippen LogP contribution is 2.32. The van der Waals surface area contributed by atoms with Gasteiger partial charge in [0.05, 0.1) is 96.2 Å². The van der Waals surface area contributed by atoms with E-state index in [2.05, 4.69) is 206 Å². The number of oxazole rings is 1. The number of methoxy groups -OCH3 is 1. The predicted molar refractivity (Wildman–Crippen MR) is 484 cm³/mol. The van der Waals surface area contributed by atoms with Crippen LogP contribution in [0.5, 0.6) is 0 Å². The molecule has 2 aliphatic rings. The molecule has 7 aromatic carbocycles. The van der Waals surface area contributed by atoms with Crippen LogP contribution in [0, 0.1) is 0 Å². The van der Waals surface area contributed by atoms with Crippen LogP contribution in [0.4, 0.5) is 51.2 Å². The number of esters is 2. The number of isothiocyanates is 2. The summed E-state index contributed by atoms with van der Waals surface area (Å²) in [6.07, 6.45) is 21.7. The lowest BCUT2D eigenvalue weighted by molar-refractivity contribution is -0.140. The maximum absolute atomic E-state index is 11.3. The molecule has 13 rings (SSSR count). The first kappa shape index (κ1) is 90.9. The number of imidazole rings is 1. The number of hydrogen-bond acceptors (Lipinski definition) is 27. The van der Waals surface area contributed by atoms with E-state index in [4.69, 9.17) is 13.9 Å². The van der Waals surface area contributed by atoms with Gasteiger partial charge in [0, 0.05) is 139 Å². The summed E-state index contributed by atoms with van der Waals surface area (Å²) >= 11 is 33.5. The molecule has 2 aliphatic heterocycles. The molecule has 112 heavy (non-hydrogen) atoms. The Morgan fingerprint density at radius 3 is 1.60 bits per heavy atom. The second-order valence-corrected chi connectivity index (χ2v) is 25.3. The van der Waals surface area contributed by atoms with Crippen LogP contribution in [-0.4, -0.2) is 145 Å². The smallest absolute Gasteiger partial charge is 0.330 e. The highest BCUT2D eigenvalue weighted by Gasteiger charge is 2.22. The molecular formula is C81H94N16O7S8. The number of thiol groups is 6. The van der Waals surface area contributed by atoms with Crippen LogP contribution in [0.1, 0.15) is 37.8 Å². The molecule has 0 unspecified atom stereocenters. The summed E-state index contributed by atoms with van der Waals surface area (Å²) in [7, 11) is 1.40. The first-order chi connectivity index (χ1) is 54.8. The van der Waals surface area contributed by atoms with Gasteiger partial charge in [-0.2, -0.15) is 90.9 Å². The Labute approximate surface area is 699 Å². The maximum atomic E-state index is 11.3. The molecule has 1 amide bonds. The van der Waals surface area contributed by atoms with Crippen LogP contribution in [0.25, 0.3) is 34.5 Å². The molecule has 6 N–H and O–H groups in total. The number of benzene rings is 7. The second-order valence-electron chi connectivity index (χ2n) is 23.1. The van der Waals surface area contributed by atoms with Gasteiger partial charge in [-0.25, -0.2) is 19.4 Å². The average molecular weight is 1660 g/mol. The summed E-state index contributed by atoms with van der Waals surface area (Å²) in [5, 5.41) is 27.3. The lowest BCUT2D eigenvalue weighted by Crippen LogP contribution is -2.36. The van der Waals surface area contributed by atoms with Crippen LogP contribution >= 0.6 is 100 Å². The Bertz CT molecular complexity index is 4200. The number of ether oxygens (including phenoxy) is 3. The molecule has 0 radical (unpaired) electrons. The Morgan fingerprint density at radius 1 is 0.589 bits per heavy atom. The molecule has 1 saturated heterocycles.